The lowest BCUT2D eigenvalue weighted by molar-refractivity contribution is 0.600. The predicted octanol–water partition coefficient (Wildman–Crippen LogP) is 3.39. The summed E-state index contributed by atoms with van der Waals surface area (Å²) in [5.41, 5.74) is 7.75. The molecule has 0 aliphatic carbocycles. The minimum absolute atomic E-state index is 0.215. The molecule has 2 aromatic rings. The average Bonchev–Trinajstić information content (AvgIpc) is 2.77. The third-order valence-electron chi connectivity index (χ3n) is 2.96. The van der Waals surface area contributed by atoms with Crippen LogP contribution in [0, 0.1) is 13.8 Å². The molecule has 1 heterocycles. The standard InChI is InChI=1S/C13H15BrN2O2S2/c1-8-7-19-12(6-15)13(8)20(17,18)16-11-5-3-4-10(14)9(11)2/h3-5,7,16H,6,15H2,1-2H3. The highest BCUT2D eigenvalue weighted by molar-refractivity contribution is 9.10. The van der Waals surface area contributed by atoms with Gasteiger partial charge in [0.25, 0.3) is 10.0 Å². The highest BCUT2D eigenvalue weighted by Crippen LogP contribution is 2.30. The molecule has 3 N–H and O–H groups in total. The SMILES string of the molecule is Cc1csc(CN)c1S(=O)(=O)Nc1cccc(Br)c1C. The maximum Gasteiger partial charge on any atom is 0.263 e. The second kappa shape index (κ2) is 5.85. The van der Waals surface area contributed by atoms with Crippen LogP contribution in [0.2, 0.25) is 0 Å². The van der Waals surface area contributed by atoms with E-state index in [0.717, 1.165) is 15.6 Å². The molecule has 108 valence electrons. The summed E-state index contributed by atoms with van der Waals surface area (Å²) in [6.45, 7) is 3.84. The van der Waals surface area contributed by atoms with Crippen molar-refractivity contribution < 1.29 is 8.42 Å². The Balaban J connectivity index is 2.46. The highest BCUT2D eigenvalue weighted by Gasteiger charge is 2.23. The fraction of sp³-hybridized carbons (Fsp3) is 0.231. The van der Waals surface area contributed by atoms with E-state index in [9.17, 15) is 8.42 Å². The molecule has 2 rings (SSSR count). The van der Waals surface area contributed by atoms with Crippen LogP contribution in [0.4, 0.5) is 5.69 Å². The smallest absolute Gasteiger partial charge is 0.263 e. The molecule has 0 saturated carbocycles. The first-order chi connectivity index (χ1) is 9.36. The lowest BCUT2D eigenvalue weighted by Gasteiger charge is -2.12. The van der Waals surface area contributed by atoms with Crippen molar-refractivity contribution in [2.75, 3.05) is 4.72 Å². The fourth-order valence-electron chi connectivity index (χ4n) is 1.90. The van der Waals surface area contributed by atoms with Gasteiger partial charge in [-0.3, -0.25) is 4.72 Å². The summed E-state index contributed by atoms with van der Waals surface area (Å²) in [6.07, 6.45) is 0. The number of benzene rings is 1. The number of thiophene rings is 1. The topological polar surface area (TPSA) is 72.2 Å². The molecule has 0 aliphatic heterocycles. The molecule has 0 radical (unpaired) electrons. The van der Waals surface area contributed by atoms with Gasteiger partial charge in [-0.05, 0) is 42.5 Å². The van der Waals surface area contributed by atoms with Crippen LogP contribution in [0.15, 0.2) is 32.9 Å². The molecule has 4 nitrogen and oxygen atoms in total. The third-order valence-corrected chi connectivity index (χ3v) is 6.66. The zero-order valence-electron chi connectivity index (χ0n) is 11.1. The number of hydrogen-bond acceptors (Lipinski definition) is 4. The Morgan fingerprint density at radius 3 is 2.70 bits per heavy atom. The van der Waals surface area contributed by atoms with Crippen LogP contribution in [-0.4, -0.2) is 8.42 Å². The van der Waals surface area contributed by atoms with Gasteiger partial charge in [0.05, 0.1) is 5.69 Å². The highest BCUT2D eigenvalue weighted by atomic mass is 79.9. The van der Waals surface area contributed by atoms with Gasteiger partial charge in [-0.15, -0.1) is 11.3 Å². The van der Waals surface area contributed by atoms with Crippen molar-refractivity contribution in [3.05, 3.63) is 44.1 Å². The Hall–Kier alpha value is -0.890. The molecule has 7 heteroatoms. The molecule has 0 amide bonds. The monoisotopic (exact) mass is 374 g/mol. The lowest BCUT2D eigenvalue weighted by Crippen LogP contribution is -2.16. The molecule has 0 fully saturated rings. The van der Waals surface area contributed by atoms with Crippen LogP contribution < -0.4 is 10.5 Å². The van der Waals surface area contributed by atoms with Crippen LogP contribution >= 0.6 is 27.3 Å². The largest absolute Gasteiger partial charge is 0.326 e. The first kappa shape index (κ1) is 15.5. The van der Waals surface area contributed by atoms with E-state index in [1.54, 1.807) is 19.1 Å². The fourth-order valence-corrected chi connectivity index (χ4v) is 5.10. The second-order valence-corrected chi connectivity index (χ2v) is 7.83. The molecule has 0 saturated heterocycles. The van der Waals surface area contributed by atoms with Crippen molar-refractivity contribution in [1.82, 2.24) is 0 Å². The molecule has 1 aromatic heterocycles. The molecule has 20 heavy (non-hydrogen) atoms. The van der Waals surface area contributed by atoms with E-state index < -0.39 is 10.0 Å². The number of anilines is 1. The molecule has 1 aromatic carbocycles. The third kappa shape index (κ3) is 2.90. The second-order valence-electron chi connectivity index (χ2n) is 4.39. The number of rotatable bonds is 4. The number of nitrogens with two attached hydrogens (primary N) is 1. The van der Waals surface area contributed by atoms with Crippen LogP contribution in [0.1, 0.15) is 16.0 Å². The van der Waals surface area contributed by atoms with Crippen LogP contribution in [0.3, 0.4) is 0 Å². The van der Waals surface area contributed by atoms with Gasteiger partial charge in [0.1, 0.15) is 4.90 Å². The van der Waals surface area contributed by atoms with E-state index in [1.165, 1.54) is 11.3 Å². The van der Waals surface area contributed by atoms with E-state index >= 15 is 0 Å². The van der Waals surface area contributed by atoms with E-state index in [0.29, 0.717) is 15.5 Å². The normalized spacial score (nSPS) is 11.6. The zero-order chi connectivity index (χ0) is 14.9. The van der Waals surface area contributed by atoms with Crippen LogP contribution in [-0.2, 0) is 16.6 Å². The van der Waals surface area contributed by atoms with Gasteiger partial charge >= 0.3 is 0 Å². The summed E-state index contributed by atoms with van der Waals surface area (Å²) in [5, 5.41) is 1.81. The van der Waals surface area contributed by atoms with Crippen LogP contribution in [0.5, 0.6) is 0 Å². The van der Waals surface area contributed by atoms with E-state index in [1.807, 2.05) is 18.4 Å². The lowest BCUT2D eigenvalue weighted by atomic mass is 10.2. The molecule has 0 unspecified atom stereocenters. The summed E-state index contributed by atoms with van der Waals surface area (Å²) >= 11 is 4.76. The van der Waals surface area contributed by atoms with Crippen molar-refractivity contribution in [3.63, 3.8) is 0 Å². The number of aryl methyl sites for hydroxylation is 1. The van der Waals surface area contributed by atoms with E-state index in [2.05, 4.69) is 20.7 Å². The van der Waals surface area contributed by atoms with Crippen molar-refractivity contribution in [1.29, 1.82) is 0 Å². The molecule has 0 aliphatic rings. The minimum Gasteiger partial charge on any atom is -0.326 e. The number of nitrogens with one attached hydrogen (secondary N) is 1. The first-order valence-corrected chi connectivity index (χ1v) is 9.07. The Bertz CT molecular complexity index is 739. The quantitative estimate of drug-likeness (QED) is 0.861. The van der Waals surface area contributed by atoms with Gasteiger partial charge < -0.3 is 5.73 Å². The first-order valence-electron chi connectivity index (χ1n) is 5.91. The molecule has 0 bridgehead atoms. The number of halogens is 1. The maximum atomic E-state index is 12.6. The number of hydrogen-bond donors (Lipinski definition) is 2. The van der Waals surface area contributed by atoms with Gasteiger partial charge in [0.15, 0.2) is 0 Å². The van der Waals surface area contributed by atoms with E-state index in [-0.39, 0.29) is 6.54 Å². The summed E-state index contributed by atoms with van der Waals surface area (Å²) in [6, 6.07) is 5.40. The number of sulfonamides is 1. The van der Waals surface area contributed by atoms with Crippen molar-refractivity contribution in [3.8, 4) is 0 Å². The summed E-state index contributed by atoms with van der Waals surface area (Å²) in [4.78, 5) is 0.965. The molecule has 0 spiro atoms. The molecule has 0 atom stereocenters. The summed E-state index contributed by atoms with van der Waals surface area (Å²) in [5.74, 6) is 0. The Labute approximate surface area is 131 Å². The Kier molecular flexibility index (Phi) is 4.53. The van der Waals surface area contributed by atoms with Crippen molar-refractivity contribution >= 4 is 43.0 Å². The maximum absolute atomic E-state index is 12.6. The summed E-state index contributed by atoms with van der Waals surface area (Å²) < 4.78 is 28.6. The summed E-state index contributed by atoms with van der Waals surface area (Å²) in [7, 11) is -3.62. The van der Waals surface area contributed by atoms with Gasteiger partial charge in [-0.25, -0.2) is 8.42 Å². The van der Waals surface area contributed by atoms with Gasteiger partial charge in [0.2, 0.25) is 0 Å². The van der Waals surface area contributed by atoms with Crippen molar-refractivity contribution in [2.45, 2.75) is 25.3 Å². The van der Waals surface area contributed by atoms with Crippen LogP contribution in [0.25, 0.3) is 0 Å². The zero-order valence-corrected chi connectivity index (χ0v) is 14.3. The van der Waals surface area contributed by atoms with Gasteiger partial charge in [0, 0.05) is 15.9 Å². The minimum atomic E-state index is -3.62. The van der Waals surface area contributed by atoms with Crippen molar-refractivity contribution in [2.24, 2.45) is 5.73 Å². The van der Waals surface area contributed by atoms with Gasteiger partial charge in [-0.2, -0.15) is 0 Å². The van der Waals surface area contributed by atoms with E-state index in [4.69, 9.17) is 5.73 Å². The molecular formula is C13H15BrN2O2S2. The predicted molar refractivity (Wildman–Crippen MR) is 86.6 cm³/mol. The Morgan fingerprint density at radius 1 is 1.35 bits per heavy atom. The Morgan fingerprint density at radius 2 is 2.05 bits per heavy atom. The average molecular weight is 375 g/mol. The van der Waals surface area contributed by atoms with Gasteiger partial charge in [-0.1, -0.05) is 22.0 Å². The molecular weight excluding hydrogens is 360 g/mol.